The van der Waals surface area contributed by atoms with Crippen molar-refractivity contribution in [3.8, 4) is 0 Å². The highest BCUT2D eigenvalue weighted by atomic mass is 35.5. The van der Waals surface area contributed by atoms with Crippen LogP contribution < -0.4 is 5.32 Å². The number of ether oxygens (including phenoxy) is 1. The number of hydrogen-bond donors (Lipinski definition) is 1. The topological polar surface area (TPSA) is 38.3 Å². The van der Waals surface area contributed by atoms with Crippen molar-refractivity contribution >= 4 is 17.5 Å². The van der Waals surface area contributed by atoms with E-state index in [2.05, 4.69) is 19.2 Å². The highest BCUT2D eigenvalue weighted by Gasteiger charge is 2.33. The van der Waals surface area contributed by atoms with Gasteiger partial charge in [0.05, 0.1) is 18.1 Å². The SMILES string of the molecule is CCC(CC)(NC(=O)C1CCCOC1)c1ccc(Cl)cc1. The molecule has 0 radical (unpaired) electrons. The molecule has 21 heavy (non-hydrogen) atoms. The molecule has 0 aromatic heterocycles. The van der Waals surface area contributed by atoms with Crippen LogP contribution in [0.25, 0.3) is 0 Å². The molecule has 1 N–H and O–H groups in total. The summed E-state index contributed by atoms with van der Waals surface area (Å²) in [6.07, 6.45) is 3.58. The molecule has 1 atom stereocenters. The minimum atomic E-state index is -0.320. The van der Waals surface area contributed by atoms with E-state index in [0.29, 0.717) is 11.6 Å². The van der Waals surface area contributed by atoms with Gasteiger partial charge in [-0.05, 0) is 43.4 Å². The van der Waals surface area contributed by atoms with Crippen LogP contribution >= 0.6 is 11.6 Å². The third-order valence-corrected chi connectivity index (χ3v) is 4.75. The Labute approximate surface area is 132 Å². The maximum atomic E-state index is 12.6. The molecule has 1 amide bonds. The van der Waals surface area contributed by atoms with E-state index in [1.54, 1.807) is 0 Å². The fourth-order valence-electron chi connectivity index (χ4n) is 2.96. The molecule has 0 bridgehead atoms. The molecule has 0 saturated carbocycles. The summed E-state index contributed by atoms with van der Waals surface area (Å²) in [6.45, 7) is 5.52. The summed E-state index contributed by atoms with van der Waals surface area (Å²) in [7, 11) is 0. The fourth-order valence-corrected chi connectivity index (χ4v) is 3.09. The Morgan fingerprint density at radius 3 is 2.52 bits per heavy atom. The highest BCUT2D eigenvalue weighted by Crippen LogP contribution is 2.30. The number of amides is 1. The number of nitrogens with one attached hydrogen (secondary N) is 1. The van der Waals surface area contributed by atoms with Crippen molar-refractivity contribution < 1.29 is 9.53 Å². The molecule has 1 fully saturated rings. The maximum absolute atomic E-state index is 12.6. The average molecular weight is 310 g/mol. The minimum absolute atomic E-state index is 0.0245. The summed E-state index contributed by atoms with van der Waals surface area (Å²) in [5.41, 5.74) is 0.793. The van der Waals surface area contributed by atoms with Gasteiger partial charge in [0.25, 0.3) is 0 Å². The Hall–Kier alpha value is -1.06. The first kappa shape index (κ1) is 16.3. The predicted molar refractivity (Wildman–Crippen MR) is 85.4 cm³/mol. The average Bonchev–Trinajstić information content (AvgIpc) is 2.54. The van der Waals surface area contributed by atoms with Gasteiger partial charge < -0.3 is 10.1 Å². The van der Waals surface area contributed by atoms with Gasteiger partial charge >= 0.3 is 0 Å². The van der Waals surface area contributed by atoms with Crippen LogP contribution in [0.2, 0.25) is 5.02 Å². The second-order valence-corrected chi connectivity index (χ2v) is 6.14. The number of rotatable bonds is 5. The molecule has 1 aromatic carbocycles. The van der Waals surface area contributed by atoms with Gasteiger partial charge in [-0.1, -0.05) is 37.6 Å². The highest BCUT2D eigenvalue weighted by molar-refractivity contribution is 6.30. The molecular formula is C17H24ClNO2. The predicted octanol–water partition coefficient (Wildman–Crippen LogP) is 3.90. The van der Waals surface area contributed by atoms with Gasteiger partial charge in [-0.3, -0.25) is 4.79 Å². The van der Waals surface area contributed by atoms with Crippen molar-refractivity contribution in [3.63, 3.8) is 0 Å². The Kier molecular flexibility index (Phi) is 5.65. The van der Waals surface area contributed by atoms with Crippen molar-refractivity contribution in [2.75, 3.05) is 13.2 Å². The van der Waals surface area contributed by atoms with Crippen LogP contribution in [-0.4, -0.2) is 19.1 Å². The van der Waals surface area contributed by atoms with Crippen molar-refractivity contribution in [2.45, 2.75) is 45.1 Å². The molecular weight excluding hydrogens is 286 g/mol. The van der Waals surface area contributed by atoms with Crippen LogP contribution in [0.3, 0.4) is 0 Å². The van der Waals surface area contributed by atoms with Crippen LogP contribution in [-0.2, 0) is 15.1 Å². The summed E-state index contributed by atoms with van der Waals surface area (Å²) >= 11 is 5.97. The number of carbonyl (C=O) groups excluding carboxylic acids is 1. The van der Waals surface area contributed by atoms with Gasteiger partial charge in [0, 0.05) is 11.6 Å². The third kappa shape index (κ3) is 3.78. The minimum Gasteiger partial charge on any atom is -0.381 e. The Bertz CT molecular complexity index is 462. The lowest BCUT2D eigenvalue weighted by Crippen LogP contribution is -2.48. The normalized spacial score (nSPS) is 19.3. The lowest BCUT2D eigenvalue weighted by Gasteiger charge is -2.35. The third-order valence-electron chi connectivity index (χ3n) is 4.50. The zero-order valence-corrected chi connectivity index (χ0v) is 13.6. The molecule has 1 unspecified atom stereocenters. The quantitative estimate of drug-likeness (QED) is 0.896. The molecule has 1 aliphatic rings. The summed E-state index contributed by atoms with van der Waals surface area (Å²) in [6, 6.07) is 7.78. The van der Waals surface area contributed by atoms with Crippen molar-refractivity contribution in [1.29, 1.82) is 0 Å². The lowest BCUT2D eigenvalue weighted by atomic mass is 9.84. The summed E-state index contributed by atoms with van der Waals surface area (Å²) in [4.78, 5) is 12.6. The zero-order valence-electron chi connectivity index (χ0n) is 12.8. The van der Waals surface area contributed by atoms with Gasteiger partial charge in [-0.25, -0.2) is 0 Å². The zero-order chi connectivity index (χ0) is 15.3. The largest absolute Gasteiger partial charge is 0.381 e. The summed E-state index contributed by atoms with van der Waals surface area (Å²) in [5.74, 6) is 0.0804. The molecule has 1 aliphatic heterocycles. The van der Waals surface area contributed by atoms with Gasteiger partial charge in [-0.2, -0.15) is 0 Å². The van der Waals surface area contributed by atoms with Gasteiger partial charge in [0.2, 0.25) is 5.91 Å². The number of hydrogen-bond acceptors (Lipinski definition) is 2. The van der Waals surface area contributed by atoms with Crippen LogP contribution in [0, 0.1) is 5.92 Å². The van der Waals surface area contributed by atoms with E-state index < -0.39 is 0 Å². The standard InChI is InChI=1S/C17H24ClNO2/c1-3-17(4-2,14-7-9-15(18)10-8-14)19-16(20)13-6-5-11-21-12-13/h7-10,13H,3-6,11-12H2,1-2H3,(H,19,20). The van der Waals surface area contributed by atoms with Crippen LogP contribution in [0.15, 0.2) is 24.3 Å². The lowest BCUT2D eigenvalue weighted by molar-refractivity contribution is -0.131. The van der Waals surface area contributed by atoms with Crippen molar-refractivity contribution in [3.05, 3.63) is 34.9 Å². The van der Waals surface area contributed by atoms with Crippen molar-refractivity contribution in [2.24, 2.45) is 5.92 Å². The molecule has 0 spiro atoms. The first-order valence-corrected chi connectivity index (χ1v) is 8.15. The van der Waals surface area contributed by atoms with E-state index in [4.69, 9.17) is 16.3 Å². The molecule has 4 heteroatoms. The Morgan fingerprint density at radius 2 is 2.00 bits per heavy atom. The number of carbonyl (C=O) groups is 1. The van der Waals surface area contributed by atoms with E-state index in [0.717, 1.165) is 37.9 Å². The molecule has 0 aliphatic carbocycles. The molecule has 1 heterocycles. The molecule has 3 nitrogen and oxygen atoms in total. The smallest absolute Gasteiger partial charge is 0.226 e. The van der Waals surface area contributed by atoms with E-state index in [9.17, 15) is 4.79 Å². The van der Waals surface area contributed by atoms with Crippen LogP contribution in [0.1, 0.15) is 45.1 Å². The van der Waals surface area contributed by atoms with Gasteiger partial charge in [0.1, 0.15) is 0 Å². The Balaban J connectivity index is 2.17. The molecule has 1 saturated heterocycles. The Morgan fingerprint density at radius 1 is 1.33 bits per heavy atom. The van der Waals surface area contributed by atoms with E-state index in [1.165, 1.54) is 0 Å². The van der Waals surface area contributed by atoms with E-state index in [1.807, 2.05) is 24.3 Å². The second kappa shape index (κ2) is 7.28. The van der Waals surface area contributed by atoms with Crippen LogP contribution in [0.4, 0.5) is 0 Å². The molecule has 2 rings (SSSR count). The number of benzene rings is 1. The van der Waals surface area contributed by atoms with Gasteiger partial charge in [0.15, 0.2) is 0 Å². The molecule has 116 valence electrons. The first-order valence-electron chi connectivity index (χ1n) is 7.77. The van der Waals surface area contributed by atoms with Crippen molar-refractivity contribution in [1.82, 2.24) is 5.32 Å². The van der Waals surface area contributed by atoms with E-state index in [-0.39, 0.29) is 17.4 Å². The first-order chi connectivity index (χ1) is 10.1. The van der Waals surface area contributed by atoms with Gasteiger partial charge in [-0.15, -0.1) is 0 Å². The monoisotopic (exact) mass is 309 g/mol. The second-order valence-electron chi connectivity index (χ2n) is 5.70. The summed E-state index contributed by atoms with van der Waals surface area (Å²) < 4.78 is 5.43. The maximum Gasteiger partial charge on any atom is 0.226 e. The summed E-state index contributed by atoms with van der Waals surface area (Å²) in [5, 5.41) is 3.99. The van der Waals surface area contributed by atoms with E-state index >= 15 is 0 Å². The number of halogens is 1. The van der Waals surface area contributed by atoms with Crippen LogP contribution in [0.5, 0.6) is 0 Å². The molecule has 1 aromatic rings. The fraction of sp³-hybridized carbons (Fsp3) is 0.588.